The maximum absolute atomic E-state index is 12.7. The van der Waals surface area contributed by atoms with Crippen molar-refractivity contribution in [2.45, 2.75) is 17.2 Å². The van der Waals surface area contributed by atoms with Gasteiger partial charge in [0.2, 0.25) is 5.91 Å². The summed E-state index contributed by atoms with van der Waals surface area (Å²) >= 11 is 6.95. The van der Waals surface area contributed by atoms with Gasteiger partial charge in [0.25, 0.3) is 10.0 Å². The van der Waals surface area contributed by atoms with Gasteiger partial charge in [0.05, 0.1) is 16.9 Å². The quantitative estimate of drug-likeness (QED) is 0.587. The Labute approximate surface area is 191 Å². The van der Waals surface area contributed by atoms with Gasteiger partial charge in [-0.2, -0.15) is 4.31 Å². The highest BCUT2D eigenvalue weighted by Gasteiger charge is 2.30. The minimum absolute atomic E-state index is 0.0676. The number of nitrogens with zero attached hydrogens (tertiary/aromatic N) is 2. The number of fused-ring (bicyclic) bond motifs is 1. The predicted molar refractivity (Wildman–Crippen MR) is 125 cm³/mol. The molecule has 1 saturated heterocycles. The average Bonchev–Trinajstić information content (AvgIpc) is 3.21. The summed E-state index contributed by atoms with van der Waals surface area (Å²) < 4.78 is 27.6. The molecule has 1 atom stereocenters. The molecule has 164 valence electrons. The molecule has 4 rings (SSSR count). The van der Waals surface area contributed by atoms with Crippen molar-refractivity contribution in [3.05, 3.63) is 64.5 Å². The van der Waals surface area contributed by atoms with Crippen molar-refractivity contribution >= 4 is 49.6 Å². The predicted octanol–water partition coefficient (Wildman–Crippen LogP) is 3.74. The lowest BCUT2D eigenvalue weighted by molar-refractivity contribution is -0.123. The first-order chi connectivity index (χ1) is 14.8. The number of hydrogen-bond donors (Lipinski definition) is 1. The third kappa shape index (κ3) is 5.10. The van der Waals surface area contributed by atoms with Gasteiger partial charge < -0.3 is 5.32 Å². The van der Waals surface area contributed by atoms with Crippen LogP contribution in [0.4, 0.5) is 0 Å². The summed E-state index contributed by atoms with van der Waals surface area (Å²) in [4.78, 5) is 14.5. The second-order valence-corrected chi connectivity index (χ2v) is 11.5. The van der Waals surface area contributed by atoms with Gasteiger partial charge in [-0.05, 0) is 41.5 Å². The molecular formula is C22H24ClN3O3S2. The van der Waals surface area contributed by atoms with E-state index in [1.807, 2.05) is 30.0 Å². The number of carbonyl (C=O) groups is 1. The zero-order chi connectivity index (χ0) is 22.0. The highest BCUT2D eigenvalue weighted by Crippen LogP contribution is 2.28. The van der Waals surface area contributed by atoms with E-state index in [-0.39, 0.29) is 22.7 Å². The molecule has 0 spiro atoms. The van der Waals surface area contributed by atoms with Gasteiger partial charge in [0.1, 0.15) is 4.21 Å². The third-order valence-electron chi connectivity index (χ3n) is 5.49. The normalized spacial score (nSPS) is 17.0. The molecule has 1 aromatic heterocycles. The monoisotopic (exact) mass is 477 g/mol. The molecule has 1 aliphatic rings. The van der Waals surface area contributed by atoms with E-state index in [2.05, 4.69) is 29.6 Å². The Kier molecular flexibility index (Phi) is 6.64. The number of piperazine rings is 1. The van der Waals surface area contributed by atoms with Crippen LogP contribution in [0.15, 0.2) is 58.8 Å². The summed E-state index contributed by atoms with van der Waals surface area (Å²) in [7, 11) is -3.53. The van der Waals surface area contributed by atoms with Crippen LogP contribution in [0.2, 0.25) is 4.34 Å². The summed E-state index contributed by atoms with van der Waals surface area (Å²) in [5.41, 5.74) is 1.05. The van der Waals surface area contributed by atoms with Gasteiger partial charge in [-0.3, -0.25) is 9.69 Å². The molecule has 2 heterocycles. The Morgan fingerprint density at radius 3 is 2.45 bits per heavy atom. The van der Waals surface area contributed by atoms with Crippen molar-refractivity contribution in [3.8, 4) is 0 Å². The van der Waals surface area contributed by atoms with E-state index >= 15 is 0 Å². The molecule has 31 heavy (non-hydrogen) atoms. The highest BCUT2D eigenvalue weighted by molar-refractivity contribution is 7.91. The van der Waals surface area contributed by atoms with Gasteiger partial charge in [-0.15, -0.1) is 11.3 Å². The lowest BCUT2D eigenvalue weighted by atomic mass is 10.0. The zero-order valence-electron chi connectivity index (χ0n) is 17.1. The maximum atomic E-state index is 12.7. The molecule has 1 amide bonds. The molecule has 1 aliphatic heterocycles. The molecule has 0 bridgehead atoms. The number of nitrogens with one attached hydrogen (secondary N) is 1. The van der Waals surface area contributed by atoms with E-state index in [1.54, 1.807) is 6.07 Å². The van der Waals surface area contributed by atoms with Crippen LogP contribution < -0.4 is 5.32 Å². The lowest BCUT2D eigenvalue weighted by Gasteiger charge is -2.33. The van der Waals surface area contributed by atoms with Crippen LogP contribution in [0.5, 0.6) is 0 Å². The first-order valence-corrected chi connectivity index (χ1v) is 12.7. The number of thiophene rings is 1. The Morgan fingerprint density at radius 2 is 1.77 bits per heavy atom. The summed E-state index contributed by atoms with van der Waals surface area (Å²) in [6, 6.07) is 17.4. The Morgan fingerprint density at radius 1 is 1.06 bits per heavy atom. The standard InChI is InChI=1S/C22H24ClN3O3S2/c1-16(18-7-6-17-4-2-3-5-19(17)14-18)24-21(27)15-25-10-12-26(13-11-25)31(28,29)22-9-8-20(23)30-22/h2-9,14,16H,10-13,15H2,1H3,(H,24,27). The van der Waals surface area contributed by atoms with Crippen LogP contribution in [-0.4, -0.2) is 56.3 Å². The molecule has 1 unspecified atom stereocenters. The van der Waals surface area contributed by atoms with Crippen LogP contribution in [0, 0.1) is 0 Å². The van der Waals surface area contributed by atoms with Gasteiger partial charge in [-0.25, -0.2) is 8.42 Å². The van der Waals surface area contributed by atoms with Gasteiger partial charge in [0, 0.05) is 26.2 Å². The fraction of sp³-hybridized carbons (Fsp3) is 0.318. The number of halogens is 1. The van der Waals surface area contributed by atoms with Crippen LogP contribution >= 0.6 is 22.9 Å². The van der Waals surface area contributed by atoms with E-state index in [4.69, 9.17) is 11.6 Å². The minimum atomic E-state index is -3.53. The van der Waals surface area contributed by atoms with E-state index in [1.165, 1.54) is 15.8 Å². The fourth-order valence-corrected chi connectivity index (χ4v) is 6.80. The summed E-state index contributed by atoms with van der Waals surface area (Å²) in [5, 5.41) is 5.37. The smallest absolute Gasteiger partial charge is 0.252 e. The third-order valence-corrected chi connectivity index (χ3v) is 9.09. The number of carbonyl (C=O) groups excluding carboxylic acids is 1. The number of sulfonamides is 1. The van der Waals surface area contributed by atoms with Crippen molar-refractivity contribution in [3.63, 3.8) is 0 Å². The number of amides is 1. The van der Waals surface area contributed by atoms with Gasteiger partial charge in [-0.1, -0.05) is 48.0 Å². The maximum Gasteiger partial charge on any atom is 0.252 e. The summed E-state index contributed by atoms with van der Waals surface area (Å²) in [6.07, 6.45) is 0. The molecule has 0 radical (unpaired) electrons. The molecule has 6 nitrogen and oxygen atoms in total. The second-order valence-electron chi connectivity index (χ2n) is 7.63. The number of benzene rings is 2. The van der Waals surface area contributed by atoms with Crippen molar-refractivity contribution in [2.24, 2.45) is 0 Å². The lowest BCUT2D eigenvalue weighted by Crippen LogP contribution is -2.51. The number of hydrogen-bond acceptors (Lipinski definition) is 5. The molecule has 0 saturated carbocycles. The fourth-order valence-electron chi connectivity index (χ4n) is 3.74. The minimum Gasteiger partial charge on any atom is -0.348 e. The number of rotatable bonds is 6. The summed E-state index contributed by atoms with van der Waals surface area (Å²) in [5.74, 6) is -0.0676. The SMILES string of the molecule is CC(NC(=O)CN1CCN(S(=O)(=O)c2ccc(Cl)s2)CC1)c1ccc2ccccc2c1. The Bertz CT molecular complexity index is 1190. The van der Waals surface area contributed by atoms with Crippen LogP contribution in [0.25, 0.3) is 10.8 Å². The molecule has 9 heteroatoms. The largest absolute Gasteiger partial charge is 0.348 e. The van der Waals surface area contributed by atoms with Crippen molar-refractivity contribution < 1.29 is 13.2 Å². The molecule has 3 aromatic rings. The molecule has 1 N–H and O–H groups in total. The molecule has 0 aliphatic carbocycles. The molecule has 2 aromatic carbocycles. The molecular weight excluding hydrogens is 454 g/mol. The van der Waals surface area contributed by atoms with Crippen molar-refractivity contribution in [1.29, 1.82) is 0 Å². The molecule has 1 fully saturated rings. The van der Waals surface area contributed by atoms with Crippen molar-refractivity contribution in [2.75, 3.05) is 32.7 Å². The van der Waals surface area contributed by atoms with Crippen molar-refractivity contribution in [1.82, 2.24) is 14.5 Å². The van der Waals surface area contributed by atoms with E-state index in [0.29, 0.717) is 30.5 Å². The van der Waals surface area contributed by atoms with Crippen LogP contribution in [0.3, 0.4) is 0 Å². The average molecular weight is 478 g/mol. The first kappa shape index (κ1) is 22.2. The Hall–Kier alpha value is -1.97. The van der Waals surface area contributed by atoms with E-state index in [0.717, 1.165) is 22.3 Å². The van der Waals surface area contributed by atoms with Crippen LogP contribution in [-0.2, 0) is 14.8 Å². The summed E-state index contributed by atoms with van der Waals surface area (Å²) in [6.45, 7) is 3.94. The second kappa shape index (κ2) is 9.26. The Balaban J connectivity index is 1.30. The zero-order valence-corrected chi connectivity index (χ0v) is 19.5. The van der Waals surface area contributed by atoms with Gasteiger partial charge in [0.15, 0.2) is 0 Å². The topological polar surface area (TPSA) is 69.7 Å². The highest BCUT2D eigenvalue weighted by atomic mass is 35.5. The van der Waals surface area contributed by atoms with E-state index < -0.39 is 10.0 Å². The van der Waals surface area contributed by atoms with Crippen LogP contribution in [0.1, 0.15) is 18.5 Å². The first-order valence-electron chi connectivity index (χ1n) is 10.1. The van der Waals surface area contributed by atoms with Gasteiger partial charge >= 0.3 is 0 Å². The van der Waals surface area contributed by atoms with E-state index in [9.17, 15) is 13.2 Å².